The van der Waals surface area contributed by atoms with E-state index >= 15 is 0 Å². The van der Waals surface area contributed by atoms with E-state index in [2.05, 4.69) is 57.8 Å². The second-order valence-corrected chi connectivity index (χ2v) is 9.61. The first-order chi connectivity index (χ1) is 15.5. The fraction of sp³-hybridized carbons (Fsp3) is 0.280. The van der Waals surface area contributed by atoms with Crippen LogP contribution in [0.3, 0.4) is 0 Å². The van der Waals surface area contributed by atoms with Crippen molar-refractivity contribution in [3.05, 3.63) is 63.2 Å². The van der Waals surface area contributed by atoms with Crippen LogP contribution >= 0.6 is 0 Å². The van der Waals surface area contributed by atoms with Gasteiger partial charge in [0.2, 0.25) is 0 Å². The number of hydrogen-bond acceptors (Lipinski definition) is 6. The van der Waals surface area contributed by atoms with E-state index in [1.54, 1.807) is 14.2 Å². The van der Waals surface area contributed by atoms with Crippen molar-refractivity contribution in [2.24, 2.45) is 0 Å². The van der Waals surface area contributed by atoms with Crippen LogP contribution in [0.4, 0.5) is 5.82 Å². The van der Waals surface area contributed by atoms with Crippen LogP contribution < -0.4 is 20.1 Å². The normalized spacial score (nSPS) is 12.0. The number of aromatic nitrogens is 2. The van der Waals surface area contributed by atoms with Gasteiger partial charge in [-0.1, -0.05) is 0 Å². The van der Waals surface area contributed by atoms with Crippen LogP contribution in [0.5, 0.6) is 11.5 Å². The number of ether oxygens (including phenoxy) is 2. The van der Waals surface area contributed by atoms with Gasteiger partial charge in [-0.25, -0.2) is 0 Å². The van der Waals surface area contributed by atoms with E-state index in [1.807, 2.05) is 26.1 Å². The molecule has 0 aliphatic heterocycles. The van der Waals surface area contributed by atoms with E-state index in [-0.39, 0.29) is 20.5 Å². The Morgan fingerprint density at radius 3 is 2.53 bits per heavy atom. The van der Waals surface area contributed by atoms with Gasteiger partial charge in [0, 0.05) is 0 Å². The minimum atomic E-state index is 0.144. The molecule has 166 valence electrons. The molecule has 0 saturated heterocycles. The van der Waals surface area contributed by atoms with Crippen molar-refractivity contribution in [1.82, 2.24) is 15.3 Å². The van der Waals surface area contributed by atoms with Gasteiger partial charge >= 0.3 is 195 Å². The summed E-state index contributed by atoms with van der Waals surface area (Å²) in [4.78, 5) is 11.7. The Morgan fingerprint density at radius 2 is 1.78 bits per heavy atom. The van der Waals surface area contributed by atoms with Crippen LogP contribution in [0.2, 0.25) is 0 Å². The molecule has 1 atom stereocenters. The van der Waals surface area contributed by atoms with Crippen LogP contribution in [-0.4, -0.2) is 45.7 Å². The van der Waals surface area contributed by atoms with Crippen molar-refractivity contribution in [3.63, 3.8) is 0 Å². The molecule has 7 heteroatoms. The Bertz CT molecular complexity index is 1240. The summed E-state index contributed by atoms with van der Waals surface area (Å²) in [6.07, 6.45) is 0. The fourth-order valence-electron chi connectivity index (χ4n) is 3.83. The molecule has 2 aromatic carbocycles. The molecule has 0 saturated carbocycles. The third-order valence-electron chi connectivity index (χ3n) is 5.41. The molecule has 0 spiro atoms. The number of rotatable bonds is 8. The average molecular weight is 495 g/mol. The van der Waals surface area contributed by atoms with Crippen molar-refractivity contribution in [2.75, 3.05) is 26.6 Å². The van der Waals surface area contributed by atoms with E-state index in [0.717, 1.165) is 23.3 Å². The number of anilines is 1. The Kier molecular flexibility index (Phi) is 6.80. The number of methoxy groups -OCH3 is 2. The summed E-state index contributed by atoms with van der Waals surface area (Å²) in [5.41, 5.74) is 4.74. The zero-order valence-electron chi connectivity index (χ0n) is 19.0. The molecule has 0 unspecified atom stereocenters. The van der Waals surface area contributed by atoms with Gasteiger partial charge in [-0.15, -0.1) is 0 Å². The topological polar surface area (TPSA) is 68.3 Å². The monoisotopic (exact) mass is 496 g/mol. The van der Waals surface area contributed by atoms with E-state index in [0.29, 0.717) is 17.3 Å². The van der Waals surface area contributed by atoms with Crippen LogP contribution in [0.25, 0.3) is 22.0 Å². The number of nitrogens with zero attached hydrogens (tertiary/aromatic N) is 2. The van der Waals surface area contributed by atoms with Gasteiger partial charge in [0.05, 0.1) is 0 Å². The fourth-order valence-corrected chi connectivity index (χ4v) is 5.75. The predicted molar refractivity (Wildman–Crippen MR) is 131 cm³/mol. The molecule has 0 aliphatic rings. The van der Waals surface area contributed by atoms with Crippen LogP contribution in [0, 0.1) is 6.92 Å². The maximum absolute atomic E-state index is 5.50. The molecule has 2 aromatic heterocycles. The zero-order chi connectivity index (χ0) is 22.7. The quantitative estimate of drug-likeness (QED) is 0.349. The molecule has 4 aromatic rings. The third-order valence-corrected chi connectivity index (χ3v) is 7.75. The summed E-state index contributed by atoms with van der Waals surface area (Å²) < 4.78 is 12.3. The maximum atomic E-state index is 5.50. The van der Waals surface area contributed by atoms with E-state index in [9.17, 15) is 0 Å². The third kappa shape index (κ3) is 4.51. The SMILES string of the molecule is CNCc1ccccc1-c1c[se]c([C@@H](C)Nc2nc(C)nc3cc(OC)c(OC)cc23)c1. The van der Waals surface area contributed by atoms with Gasteiger partial charge in [-0.3, -0.25) is 0 Å². The second kappa shape index (κ2) is 9.74. The van der Waals surface area contributed by atoms with E-state index in [4.69, 9.17) is 14.5 Å². The Morgan fingerprint density at radius 1 is 1.03 bits per heavy atom. The minimum absolute atomic E-state index is 0.144. The standard InChI is InChI=1S/C25H28N4O2Se/c1-15(24-10-18(14-32-24)19-9-7-6-8-17(19)13-26-3)27-25-20-11-22(30-4)23(31-5)12-21(20)28-16(2)29-25/h6-12,14-15,26H,13H2,1-5H3,(H,27,28,29)/t15-/m1/s1. The summed E-state index contributed by atoms with van der Waals surface area (Å²) in [7, 11) is 5.25. The first-order valence-corrected chi connectivity index (χ1v) is 12.4. The molecule has 0 aliphatic carbocycles. The molecule has 4 rings (SSSR count). The molecular formula is C25H28N4O2Se. The summed E-state index contributed by atoms with van der Waals surface area (Å²) >= 11 is 0.285. The molecule has 32 heavy (non-hydrogen) atoms. The Balaban J connectivity index is 1.66. The van der Waals surface area contributed by atoms with Crippen LogP contribution in [0.1, 0.15) is 28.8 Å². The average Bonchev–Trinajstić information content (AvgIpc) is 3.29. The first-order valence-electron chi connectivity index (χ1n) is 10.5. The molecule has 0 radical (unpaired) electrons. The van der Waals surface area contributed by atoms with Gasteiger partial charge in [-0.05, 0) is 0 Å². The predicted octanol–water partition coefficient (Wildman–Crippen LogP) is 4.57. The van der Waals surface area contributed by atoms with Gasteiger partial charge in [-0.2, -0.15) is 0 Å². The first kappa shape index (κ1) is 22.3. The van der Waals surface area contributed by atoms with Crippen molar-refractivity contribution in [2.45, 2.75) is 26.4 Å². The van der Waals surface area contributed by atoms with Gasteiger partial charge in [0.25, 0.3) is 0 Å². The molecule has 2 heterocycles. The van der Waals surface area contributed by atoms with E-state index in [1.165, 1.54) is 21.1 Å². The van der Waals surface area contributed by atoms with Gasteiger partial charge in [0.1, 0.15) is 0 Å². The molecular weight excluding hydrogens is 467 g/mol. The molecule has 0 bridgehead atoms. The number of aryl methyl sites for hydroxylation is 1. The molecule has 0 amide bonds. The van der Waals surface area contributed by atoms with Crippen molar-refractivity contribution < 1.29 is 9.47 Å². The van der Waals surface area contributed by atoms with Crippen LogP contribution in [-0.2, 0) is 6.54 Å². The molecule has 0 fully saturated rings. The Labute approximate surface area is 194 Å². The number of fused-ring (bicyclic) bond motifs is 1. The van der Waals surface area contributed by atoms with Crippen LogP contribution in [0.15, 0.2) is 47.4 Å². The molecule has 2 N–H and O–H groups in total. The van der Waals surface area contributed by atoms with Crippen molar-refractivity contribution in [1.29, 1.82) is 0 Å². The van der Waals surface area contributed by atoms with Crippen molar-refractivity contribution in [3.8, 4) is 22.6 Å². The zero-order valence-corrected chi connectivity index (χ0v) is 20.7. The number of nitrogens with one attached hydrogen (secondary N) is 2. The number of hydrogen-bond donors (Lipinski definition) is 2. The number of benzene rings is 2. The molecule has 6 nitrogen and oxygen atoms in total. The summed E-state index contributed by atoms with van der Waals surface area (Å²) in [6, 6.07) is 14.9. The van der Waals surface area contributed by atoms with Gasteiger partial charge in [0.15, 0.2) is 0 Å². The van der Waals surface area contributed by atoms with Gasteiger partial charge < -0.3 is 0 Å². The summed E-state index contributed by atoms with van der Waals surface area (Å²) in [5.74, 6) is 2.84. The summed E-state index contributed by atoms with van der Waals surface area (Å²) in [6.45, 7) is 4.95. The van der Waals surface area contributed by atoms with Crippen molar-refractivity contribution >= 4 is 31.2 Å². The second-order valence-electron chi connectivity index (χ2n) is 7.64. The van der Waals surface area contributed by atoms with E-state index < -0.39 is 0 Å². The Hall–Kier alpha value is -2.86. The summed E-state index contributed by atoms with van der Waals surface area (Å²) in [5, 5.41) is 7.80.